The number of hydrogen-bond acceptors (Lipinski definition) is 3. The molecule has 0 heterocycles. The number of carboxylic acids is 1. The third-order valence-corrected chi connectivity index (χ3v) is 0.175. The van der Waals surface area contributed by atoms with E-state index in [-0.39, 0.29) is 6.54 Å². The Morgan fingerprint density at radius 1 is 1.60 bits per heavy atom. The maximum Gasteiger partial charge on any atom is 0.322 e. The van der Waals surface area contributed by atoms with Crippen LogP contribution in [0, 0.1) is 0 Å². The maximum atomic E-state index is 9.33. The molecule has 0 rings (SSSR count). The van der Waals surface area contributed by atoms with Gasteiger partial charge in [0, 0.05) is 6.66 Å². The zero-order valence-corrected chi connectivity index (χ0v) is 6.28. The third-order valence-electron chi connectivity index (χ3n) is 0.175. The van der Waals surface area contributed by atoms with Gasteiger partial charge in [-0.15, -0.1) is 0 Å². The van der Waals surface area contributed by atoms with E-state index in [4.69, 9.17) is 14.9 Å². The predicted octanol–water partition coefficient (Wildman–Crippen LogP) is -1.18. The van der Waals surface area contributed by atoms with Crippen molar-refractivity contribution >= 4 is 13.6 Å². The Morgan fingerprint density at radius 2 is 1.70 bits per heavy atom. The van der Waals surface area contributed by atoms with Gasteiger partial charge in [-0.05, 0) is 0 Å². The number of aliphatic carboxylic acids is 1. The number of nitrogens with two attached hydrogens (primary N) is 1. The summed E-state index contributed by atoms with van der Waals surface area (Å²) in [6.07, 6.45) is 0. The van der Waals surface area contributed by atoms with E-state index < -0.39 is 13.6 Å². The Bertz CT molecular complexity index is 132. The molecular formula is C3H10NO5P. The van der Waals surface area contributed by atoms with Crippen LogP contribution in [0.25, 0.3) is 0 Å². The lowest BCUT2D eigenvalue weighted by atomic mass is 10.7. The molecule has 0 spiro atoms. The Hall–Kier alpha value is -0.420. The average Bonchev–Trinajstić information content (AvgIpc) is 1.61. The average molecular weight is 171 g/mol. The minimum Gasteiger partial charge on any atom is -0.480 e. The van der Waals surface area contributed by atoms with Crippen LogP contribution >= 0.6 is 7.60 Å². The van der Waals surface area contributed by atoms with Crippen LogP contribution in [0.15, 0.2) is 0 Å². The Labute approximate surface area is 57.8 Å². The summed E-state index contributed by atoms with van der Waals surface area (Å²) in [5, 5.41) is 7.60. The molecule has 0 aliphatic carbocycles. The molecule has 0 saturated heterocycles. The molecule has 0 bridgehead atoms. The van der Waals surface area contributed by atoms with Crippen LogP contribution in [0.1, 0.15) is 0 Å². The quantitative estimate of drug-likeness (QED) is 0.368. The summed E-state index contributed by atoms with van der Waals surface area (Å²) in [4.78, 5) is 24.5. The zero-order valence-electron chi connectivity index (χ0n) is 5.39. The molecule has 0 atom stereocenters. The van der Waals surface area contributed by atoms with Gasteiger partial charge in [-0.3, -0.25) is 9.36 Å². The fourth-order valence-corrected chi connectivity index (χ4v) is 0. The zero-order chi connectivity index (χ0) is 8.78. The summed E-state index contributed by atoms with van der Waals surface area (Å²) in [7, 11) is -3.64. The lowest BCUT2D eigenvalue weighted by molar-refractivity contribution is -0.135. The molecule has 0 amide bonds. The van der Waals surface area contributed by atoms with Crippen LogP contribution in [-0.2, 0) is 9.36 Å². The fourth-order valence-electron chi connectivity index (χ4n) is 0. The van der Waals surface area contributed by atoms with Crippen molar-refractivity contribution < 1.29 is 24.3 Å². The molecule has 0 unspecified atom stereocenters. The molecule has 62 valence electrons. The van der Waals surface area contributed by atoms with E-state index in [2.05, 4.69) is 5.73 Å². The third kappa shape index (κ3) is 131. The number of rotatable bonds is 1. The second kappa shape index (κ2) is 5.37. The Balaban J connectivity index is 0. The van der Waals surface area contributed by atoms with Crippen molar-refractivity contribution in [3.8, 4) is 0 Å². The van der Waals surface area contributed by atoms with Gasteiger partial charge in [0.25, 0.3) is 0 Å². The van der Waals surface area contributed by atoms with Crippen LogP contribution in [-0.4, -0.2) is 34.1 Å². The highest BCUT2D eigenvalue weighted by atomic mass is 31.2. The summed E-state index contributed by atoms with van der Waals surface area (Å²) in [6.45, 7) is 0.576. The lowest BCUT2D eigenvalue weighted by Gasteiger charge is -1.84. The molecule has 0 saturated carbocycles. The van der Waals surface area contributed by atoms with Crippen LogP contribution in [0.4, 0.5) is 0 Å². The van der Waals surface area contributed by atoms with E-state index in [9.17, 15) is 9.36 Å². The summed E-state index contributed by atoms with van der Waals surface area (Å²) in [6, 6.07) is 0. The standard InChI is InChI=1S/C2H5NO2.CH5O3P/c3-1-2(4)5;1-5(2,3)4/h1,3H2,(H,4,5);1H3,(H2,2,3,4). The van der Waals surface area contributed by atoms with Gasteiger partial charge in [-0.25, -0.2) is 0 Å². The van der Waals surface area contributed by atoms with Crippen molar-refractivity contribution in [2.75, 3.05) is 13.2 Å². The lowest BCUT2D eigenvalue weighted by Crippen LogP contribution is -2.10. The smallest absolute Gasteiger partial charge is 0.322 e. The van der Waals surface area contributed by atoms with Crippen LogP contribution in [0.5, 0.6) is 0 Å². The van der Waals surface area contributed by atoms with Crippen LogP contribution in [0.2, 0.25) is 0 Å². The highest BCUT2D eigenvalue weighted by Gasteiger charge is 1.95. The normalized spacial score (nSPS) is 9.60. The van der Waals surface area contributed by atoms with Crippen molar-refractivity contribution in [2.24, 2.45) is 5.73 Å². The molecule has 5 N–H and O–H groups in total. The van der Waals surface area contributed by atoms with Gasteiger partial charge >= 0.3 is 13.6 Å². The van der Waals surface area contributed by atoms with E-state index >= 15 is 0 Å². The second-order valence-electron chi connectivity index (χ2n) is 1.43. The van der Waals surface area contributed by atoms with E-state index in [1.54, 1.807) is 0 Å². The molecule has 0 fully saturated rings. The van der Waals surface area contributed by atoms with Gasteiger partial charge < -0.3 is 20.6 Å². The van der Waals surface area contributed by atoms with Gasteiger partial charge in [0.15, 0.2) is 0 Å². The SMILES string of the molecule is CP(=O)(O)O.NCC(=O)O. The predicted molar refractivity (Wildman–Crippen MR) is 34.7 cm³/mol. The van der Waals surface area contributed by atoms with Gasteiger partial charge in [0.1, 0.15) is 0 Å². The van der Waals surface area contributed by atoms with E-state index in [0.717, 1.165) is 6.66 Å². The van der Waals surface area contributed by atoms with Crippen LogP contribution < -0.4 is 5.73 Å². The van der Waals surface area contributed by atoms with E-state index in [1.165, 1.54) is 0 Å². The summed E-state index contributed by atoms with van der Waals surface area (Å²) in [5.74, 6) is -0.968. The highest BCUT2D eigenvalue weighted by Crippen LogP contribution is 2.26. The van der Waals surface area contributed by atoms with E-state index in [1.807, 2.05) is 0 Å². The van der Waals surface area contributed by atoms with Gasteiger partial charge in [-0.2, -0.15) is 0 Å². The number of carbonyl (C=O) groups is 1. The highest BCUT2D eigenvalue weighted by molar-refractivity contribution is 7.50. The van der Waals surface area contributed by atoms with E-state index in [0.29, 0.717) is 0 Å². The van der Waals surface area contributed by atoms with Crippen molar-refractivity contribution in [3.63, 3.8) is 0 Å². The molecule has 0 aromatic rings. The minimum absolute atomic E-state index is 0.278. The number of carboxylic acid groups (broad SMARTS) is 1. The van der Waals surface area contributed by atoms with Crippen molar-refractivity contribution in [2.45, 2.75) is 0 Å². The first-order chi connectivity index (χ1) is 4.27. The fraction of sp³-hybridized carbons (Fsp3) is 0.667. The first kappa shape index (κ1) is 12.3. The topological polar surface area (TPSA) is 121 Å². The molecule has 6 nitrogen and oxygen atoms in total. The van der Waals surface area contributed by atoms with Crippen LogP contribution in [0.3, 0.4) is 0 Å². The van der Waals surface area contributed by atoms with Gasteiger partial charge in [0.05, 0.1) is 6.54 Å². The first-order valence-corrected chi connectivity index (χ1v) is 4.28. The summed E-state index contributed by atoms with van der Waals surface area (Å²) in [5.41, 5.74) is 4.57. The van der Waals surface area contributed by atoms with Gasteiger partial charge in [-0.1, -0.05) is 0 Å². The Kier molecular flexibility index (Phi) is 6.59. The molecule has 7 heteroatoms. The van der Waals surface area contributed by atoms with Crippen molar-refractivity contribution in [1.82, 2.24) is 0 Å². The largest absolute Gasteiger partial charge is 0.480 e. The molecule has 0 aliphatic rings. The number of hydrogen-bond donors (Lipinski definition) is 4. The second-order valence-corrected chi connectivity index (χ2v) is 3.10. The Morgan fingerprint density at radius 3 is 1.70 bits per heavy atom. The molecule has 0 aromatic heterocycles. The monoisotopic (exact) mass is 171 g/mol. The molecule has 0 aromatic carbocycles. The minimum atomic E-state index is -3.64. The van der Waals surface area contributed by atoms with Gasteiger partial charge in [0.2, 0.25) is 0 Å². The summed E-state index contributed by atoms with van der Waals surface area (Å²) < 4.78 is 9.33. The molecule has 0 radical (unpaired) electrons. The molecular weight excluding hydrogens is 161 g/mol. The maximum absolute atomic E-state index is 9.33. The molecule has 10 heavy (non-hydrogen) atoms. The molecule has 0 aliphatic heterocycles. The van der Waals surface area contributed by atoms with Crippen molar-refractivity contribution in [1.29, 1.82) is 0 Å². The van der Waals surface area contributed by atoms with Crippen molar-refractivity contribution in [3.05, 3.63) is 0 Å². The first-order valence-electron chi connectivity index (χ1n) is 2.22. The summed E-state index contributed by atoms with van der Waals surface area (Å²) >= 11 is 0.